The molecule has 0 spiro atoms. The van der Waals surface area contributed by atoms with Crippen molar-refractivity contribution in [2.24, 2.45) is 0 Å². The molecule has 0 bridgehead atoms. The smallest absolute Gasteiger partial charge is 0.146 e. The van der Waals surface area contributed by atoms with Crippen molar-refractivity contribution in [1.82, 2.24) is 0 Å². The number of fused-ring (bicyclic) bond motifs is 2. The van der Waals surface area contributed by atoms with Gasteiger partial charge in [-0.3, -0.25) is 0 Å². The van der Waals surface area contributed by atoms with Gasteiger partial charge in [-0.1, -0.05) is 0 Å². The van der Waals surface area contributed by atoms with Crippen LogP contribution in [0.15, 0.2) is 60.7 Å². The maximum atomic E-state index is 5.43. The fraction of sp³-hybridized carbons (Fsp3) is 0.200. The molecular formula is C20H20Cl2SiZr. The Morgan fingerprint density at radius 3 is 1.54 bits per heavy atom. The third kappa shape index (κ3) is 4.82. The Morgan fingerprint density at radius 1 is 0.750 bits per heavy atom. The number of hydrogen-bond acceptors (Lipinski definition) is 0. The van der Waals surface area contributed by atoms with E-state index in [1.165, 1.54) is 11.1 Å². The van der Waals surface area contributed by atoms with Crippen molar-refractivity contribution in [1.29, 1.82) is 0 Å². The van der Waals surface area contributed by atoms with Gasteiger partial charge >= 0.3 is 126 Å². The Labute approximate surface area is 166 Å². The van der Waals surface area contributed by atoms with Gasteiger partial charge < -0.3 is 0 Å². The Hall–Kier alpha value is -0.400. The van der Waals surface area contributed by atoms with E-state index in [0.717, 1.165) is 7.25 Å². The molecule has 0 aliphatic heterocycles. The van der Waals surface area contributed by atoms with Crippen LogP contribution in [0.2, 0.25) is 13.1 Å². The largest absolute Gasteiger partial charge is 0.245 e. The Kier molecular flexibility index (Phi) is 6.03. The van der Waals surface area contributed by atoms with Crippen molar-refractivity contribution < 1.29 is 23.2 Å². The van der Waals surface area contributed by atoms with Crippen LogP contribution in [0, 0.1) is 0 Å². The summed E-state index contributed by atoms with van der Waals surface area (Å²) in [5, 5.41) is 0. The van der Waals surface area contributed by atoms with Gasteiger partial charge in [-0.25, -0.2) is 0 Å². The average Bonchev–Trinajstić information content (AvgIpc) is 3.12. The molecule has 0 saturated heterocycles. The molecular weight excluding hydrogens is 430 g/mol. The zero-order valence-corrected chi connectivity index (χ0v) is 18.8. The van der Waals surface area contributed by atoms with Crippen LogP contribution in [0.1, 0.15) is 29.5 Å². The van der Waals surface area contributed by atoms with Gasteiger partial charge in [0.25, 0.3) is 0 Å². The van der Waals surface area contributed by atoms with E-state index in [-0.39, 0.29) is 0 Å². The second-order valence-corrected chi connectivity index (χ2v) is 19.2. The first kappa shape index (κ1) is 18.4. The summed E-state index contributed by atoms with van der Waals surface area (Å²) in [6.07, 6.45) is 9.49. The molecule has 0 N–H and O–H groups in total. The van der Waals surface area contributed by atoms with Crippen molar-refractivity contribution in [3.05, 3.63) is 82.9 Å². The number of allylic oxidation sites excluding steroid dienone is 2. The topological polar surface area (TPSA) is 0 Å². The molecule has 0 amide bonds. The number of halogens is 2. The quantitative estimate of drug-likeness (QED) is 0.350. The fourth-order valence-corrected chi connectivity index (χ4v) is 7.13. The van der Waals surface area contributed by atoms with E-state index < -0.39 is 29.9 Å². The van der Waals surface area contributed by atoms with Crippen LogP contribution in [0.3, 0.4) is 0 Å². The molecule has 2 aliphatic carbocycles. The molecule has 2 aromatic carbocycles. The first-order chi connectivity index (χ1) is 11.4. The van der Waals surface area contributed by atoms with Gasteiger partial charge in [0, 0.05) is 0 Å². The minimum atomic E-state index is -1.67. The molecule has 4 heteroatoms. The molecule has 24 heavy (non-hydrogen) atoms. The predicted molar refractivity (Wildman–Crippen MR) is 106 cm³/mol. The summed E-state index contributed by atoms with van der Waals surface area (Å²) in [6, 6.07) is 17.7. The Bertz CT molecular complexity index is 712. The van der Waals surface area contributed by atoms with E-state index in [4.69, 9.17) is 22.2 Å². The van der Waals surface area contributed by atoms with Gasteiger partial charge in [-0.15, -0.1) is 22.2 Å². The zero-order chi connectivity index (χ0) is 17.2. The van der Waals surface area contributed by atoms with E-state index >= 15 is 0 Å². The van der Waals surface area contributed by atoms with Gasteiger partial charge in [-0.2, -0.15) is 0 Å². The number of benzene rings is 2. The van der Waals surface area contributed by atoms with E-state index in [2.05, 4.69) is 72.8 Å². The maximum absolute atomic E-state index is 5.43. The zero-order valence-electron chi connectivity index (χ0n) is 13.8. The minimum Gasteiger partial charge on any atom is -0.146 e. The third-order valence-corrected chi connectivity index (χ3v) is 8.20. The summed E-state index contributed by atoms with van der Waals surface area (Å²) in [6.45, 7) is 2.05. The van der Waals surface area contributed by atoms with Crippen molar-refractivity contribution in [3.63, 3.8) is 0 Å². The van der Waals surface area contributed by atoms with Crippen LogP contribution in [-0.4, -0.2) is 6.69 Å². The molecule has 2 aromatic rings. The molecule has 2 atom stereocenters. The van der Waals surface area contributed by atoms with E-state index in [9.17, 15) is 0 Å². The molecule has 0 fully saturated rings. The van der Waals surface area contributed by atoms with Gasteiger partial charge in [0.15, 0.2) is 0 Å². The summed E-state index contributed by atoms with van der Waals surface area (Å²) in [7, 11) is 0. The van der Waals surface area contributed by atoms with Crippen molar-refractivity contribution >= 4 is 41.0 Å². The first-order valence-corrected chi connectivity index (χ1v) is 16.0. The summed E-state index contributed by atoms with van der Waals surface area (Å²) in [4.78, 5) is 0. The van der Waals surface area contributed by atoms with Crippen LogP contribution in [0.25, 0.3) is 12.2 Å². The molecule has 0 saturated carbocycles. The van der Waals surface area contributed by atoms with Gasteiger partial charge in [-0.05, 0) is 13.1 Å². The standard InChI is InChI=1S/2C9H7.C2H6Cl2Si.Zr/c2*1-2-5-9-7-3-6-8(9)4-1;1-5(2,3)4;/h2*1-7H;1-2H3;. The summed E-state index contributed by atoms with van der Waals surface area (Å²) >= 11 is 10.3. The van der Waals surface area contributed by atoms with Crippen LogP contribution in [0.5, 0.6) is 0 Å². The fourth-order valence-electron chi connectivity index (χ4n) is 2.98. The van der Waals surface area contributed by atoms with Gasteiger partial charge in [0.2, 0.25) is 6.69 Å². The van der Waals surface area contributed by atoms with E-state index in [0.29, 0.717) is 0 Å². The summed E-state index contributed by atoms with van der Waals surface area (Å²) in [5.74, 6) is 0. The predicted octanol–water partition coefficient (Wildman–Crippen LogP) is 6.77. The molecule has 0 aromatic heterocycles. The van der Waals surface area contributed by atoms with Gasteiger partial charge in [0.05, 0.1) is 0 Å². The second-order valence-electron chi connectivity index (χ2n) is 6.43. The van der Waals surface area contributed by atoms with Crippen molar-refractivity contribution in [2.45, 2.75) is 20.3 Å². The molecule has 0 heterocycles. The monoisotopic (exact) mass is 448 g/mol. The van der Waals surface area contributed by atoms with Gasteiger partial charge in [0.1, 0.15) is 0 Å². The minimum absolute atomic E-state index is 0.542. The molecule has 0 nitrogen and oxygen atoms in total. The molecule has 0 radical (unpaired) electrons. The third-order valence-electron chi connectivity index (χ3n) is 3.96. The van der Waals surface area contributed by atoms with Crippen LogP contribution in [-0.2, 0) is 23.2 Å². The Morgan fingerprint density at radius 2 is 1.12 bits per heavy atom. The molecule has 122 valence electrons. The molecule has 4 rings (SSSR count). The first-order valence-electron chi connectivity index (χ1n) is 8.10. The maximum Gasteiger partial charge on any atom is 0.245 e. The number of hydrogen-bond donors (Lipinski definition) is 0. The van der Waals surface area contributed by atoms with Crippen molar-refractivity contribution in [3.8, 4) is 0 Å². The molecule has 2 aliphatic rings. The summed E-state index contributed by atoms with van der Waals surface area (Å²) < 4.78 is 1.47. The van der Waals surface area contributed by atoms with Crippen LogP contribution >= 0.6 is 22.2 Å². The average molecular weight is 451 g/mol. The Balaban J connectivity index is 0.000000300. The number of rotatable bonds is 2. The van der Waals surface area contributed by atoms with Crippen LogP contribution in [0.4, 0.5) is 0 Å². The summed E-state index contributed by atoms with van der Waals surface area (Å²) in [5.41, 5.74) is 5.99. The van der Waals surface area contributed by atoms with Crippen molar-refractivity contribution in [2.75, 3.05) is 0 Å². The SMILES string of the molecule is C1=C[CH]([Zr][CH]2C=Cc3ccccc32)c2ccccc21.C[Si](C)(Cl)Cl. The second kappa shape index (κ2) is 7.87. The normalized spacial score (nSPS) is 20.2. The van der Waals surface area contributed by atoms with E-state index in [1.54, 1.807) is 11.1 Å². The van der Waals surface area contributed by atoms with E-state index in [1.807, 2.05) is 13.1 Å². The van der Waals surface area contributed by atoms with Crippen LogP contribution < -0.4 is 0 Å². The molecule has 2 unspecified atom stereocenters.